The van der Waals surface area contributed by atoms with Gasteiger partial charge in [0.15, 0.2) is 0 Å². The van der Waals surface area contributed by atoms with E-state index in [1.165, 1.54) is 6.07 Å². The van der Waals surface area contributed by atoms with Crippen LogP contribution >= 0.6 is 0 Å². The minimum Gasteiger partial charge on any atom is -0.508 e. The second kappa shape index (κ2) is 5.80. The third kappa shape index (κ3) is 3.39. The zero-order chi connectivity index (χ0) is 14.0. The molecule has 0 spiro atoms. The van der Waals surface area contributed by atoms with E-state index in [2.05, 4.69) is 18.9 Å². The van der Waals surface area contributed by atoms with Crippen LogP contribution in [-0.2, 0) is 0 Å². The molecule has 4 heteroatoms. The zero-order valence-electron chi connectivity index (χ0n) is 11.7. The van der Waals surface area contributed by atoms with Crippen molar-refractivity contribution in [2.75, 3.05) is 7.05 Å². The minimum atomic E-state index is 0.112. The molecule has 1 unspecified atom stereocenters. The van der Waals surface area contributed by atoms with Crippen LogP contribution in [0.1, 0.15) is 44.2 Å². The molecule has 0 radical (unpaired) electrons. The van der Waals surface area contributed by atoms with E-state index >= 15 is 0 Å². The average molecular weight is 264 g/mol. The summed E-state index contributed by atoms with van der Waals surface area (Å²) in [4.78, 5) is 2.32. The molecule has 4 N–H and O–H groups in total. The van der Waals surface area contributed by atoms with Gasteiger partial charge in [0, 0.05) is 24.2 Å². The second-order valence-corrected chi connectivity index (χ2v) is 5.69. The van der Waals surface area contributed by atoms with E-state index in [0.717, 1.165) is 31.2 Å². The standard InChI is InChI=1S/C15H24N2O2/c1-10(11-7-14(18)9-15(19)8-11)17(2)13-5-3-12(16)4-6-13/h7-10,12-13,18-19H,3-6,16H2,1-2H3. The molecule has 4 nitrogen and oxygen atoms in total. The van der Waals surface area contributed by atoms with Crippen molar-refractivity contribution in [1.29, 1.82) is 0 Å². The first-order valence-electron chi connectivity index (χ1n) is 6.98. The predicted octanol–water partition coefficient (Wildman–Crippen LogP) is 2.36. The van der Waals surface area contributed by atoms with Crippen LogP contribution in [-0.4, -0.2) is 34.2 Å². The molecule has 0 bridgehead atoms. The number of phenols is 2. The Morgan fingerprint density at radius 2 is 1.63 bits per heavy atom. The van der Waals surface area contributed by atoms with Gasteiger partial charge < -0.3 is 15.9 Å². The van der Waals surface area contributed by atoms with E-state index < -0.39 is 0 Å². The molecule has 106 valence electrons. The number of phenolic OH excluding ortho intramolecular Hbond substituents is 2. The number of hydrogen-bond acceptors (Lipinski definition) is 4. The van der Waals surface area contributed by atoms with Crippen LogP contribution in [0.15, 0.2) is 18.2 Å². The largest absolute Gasteiger partial charge is 0.508 e. The fourth-order valence-electron chi connectivity index (χ4n) is 2.92. The molecule has 1 aliphatic rings. The summed E-state index contributed by atoms with van der Waals surface area (Å²) in [5.41, 5.74) is 6.88. The highest BCUT2D eigenvalue weighted by Gasteiger charge is 2.25. The normalized spacial score (nSPS) is 25.5. The molecule has 1 saturated carbocycles. The van der Waals surface area contributed by atoms with Gasteiger partial charge in [0.25, 0.3) is 0 Å². The average Bonchev–Trinajstić information content (AvgIpc) is 2.37. The van der Waals surface area contributed by atoms with Gasteiger partial charge in [-0.15, -0.1) is 0 Å². The molecule has 1 aromatic rings. The van der Waals surface area contributed by atoms with Crippen LogP contribution in [0.3, 0.4) is 0 Å². The molecular formula is C15H24N2O2. The highest BCUT2D eigenvalue weighted by molar-refractivity contribution is 5.38. The number of hydrogen-bond donors (Lipinski definition) is 3. The quantitative estimate of drug-likeness (QED) is 0.784. The lowest BCUT2D eigenvalue weighted by Crippen LogP contribution is -2.39. The Morgan fingerprint density at radius 3 is 2.16 bits per heavy atom. The van der Waals surface area contributed by atoms with Gasteiger partial charge in [-0.2, -0.15) is 0 Å². The maximum Gasteiger partial charge on any atom is 0.119 e. The molecule has 1 aromatic carbocycles. The van der Waals surface area contributed by atoms with E-state index in [-0.39, 0.29) is 17.5 Å². The number of nitrogens with two attached hydrogens (primary N) is 1. The first-order chi connectivity index (χ1) is 8.97. The summed E-state index contributed by atoms with van der Waals surface area (Å²) in [5.74, 6) is 0.224. The van der Waals surface area contributed by atoms with Gasteiger partial charge in [0.05, 0.1) is 0 Å². The number of aromatic hydroxyl groups is 2. The smallest absolute Gasteiger partial charge is 0.119 e. The summed E-state index contributed by atoms with van der Waals surface area (Å²) in [7, 11) is 2.10. The third-order valence-corrected chi connectivity index (χ3v) is 4.34. The number of nitrogens with zero attached hydrogens (tertiary/aromatic N) is 1. The van der Waals surface area contributed by atoms with Crippen molar-refractivity contribution in [2.45, 2.75) is 50.7 Å². The van der Waals surface area contributed by atoms with Crippen molar-refractivity contribution < 1.29 is 10.2 Å². The topological polar surface area (TPSA) is 69.7 Å². The molecule has 0 aliphatic heterocycles. The lowest BCUT2D eigenvalue weighted by Gasteiger charge is -2.37. The van der Waals surface area contributed by atoms with Crippen LogP contribution in [0.25, 0.3) is 0 Å². The lowest BCUT2D eigenvalue weighted by molar-refractivity contribution is 0.140. The van der Waals surface area contributed by atoms with Crippen molar-refractivity contribution in [3.05, 3.63) is 23.8 Å². The molecule has 1 aliphatic carbocycles. The van der Waals surface area contributed by atoms with E-state index in [9.17, 15) is 10.2 Å². The van der Waals surface area contributed by atoms with Crippen LogP contribution in [0, 0.1) is 0 Å². The summed E-state index contributed by atoms with van der Waals surface area (Å²) >= 11 is 0. The predicted molar refractivity (Wildman–Crippen MR) is 76.2 cm³/mol. The molecule has 0 heterocycles. The van der Waals surface area contributed by atoms with E-state index in [0.29, 0.717) is 12.1 Å². The van der Waals surface area contributed by atoms with Crippen LogP contribution < -0.4 is 5.73 Å². The Bertz CT molecular complexity index is 408. The van der Waals surface area contributed by atoms with Gasteiger partial charge in [-0.3, -0.25) is 4.90 Å². The van der Waals surface area contributed by atoms with Gasteiger partial charge in [0.2, 0.25) is 0 Å². The van der Waals surface area contributed by atoms with Gasteiger partial charge in [0.1, 0.15) is 11.5 Å². The van der Waals surface area contributed by atoms with Crippen molar-refractivity contribution in [3.8, 4) is 11.5 Å². The summed E-state index contributed by atoms with van der Waals surface area (Å²) in [6.45, 7) is 2.10. The summed E-state index contributed by atoms with van der Waals surface area (Å²) in [5, 5.41) is 19.1. The maximum atomic E-state index is 9.57. The first-order valence-corrected chi connectivity index (χ1v) is 6.98. The lowest BCUT2D eigenvalue weighted by atomic mass is 9.89. The first kappa shape index (κ1) is 14.2. The van der Waals surface area contributed by atoms with Crippen LogP contribution in [0.4, 0.5) is 0 Å². The van der Waals surface area contributed by atoms with Crippen molar-refractivity contribution in [2.24, 2.45) is 5.73 Å². The van der Waals surface area contributed by atoms with Gasteiger partial charge in [-0.25, -0.2) is 0 Å². The highest BCUT2D eigenvalue weighted by atomic mass is 16.3. The molecule has 0 aromatic heterocycles. The number of benzene rings is 1. The molecule has 0 saturated heterocycles. The number of rotatable bonds is 3. The van der Waals surface area contributed by atoms with Crippen LogP contribution in [0.5, 0.6) is 11.5 Å². The van der Waals surface area contributed by atoms with E-state index in [4.69, 9.17) is 5.73 Å². The minimum absolute atomic E-state index is 0.112. The molecule has 1 fully saturated rings. The van der Waals surface area contributed by atoms with E-state index in [1.54, 1.807) is 12.1 Å². The summed E-state index contributed by atoms with van der Waals surface area (Å²) < 4.78 is 0. The Balaban J connectivity index is 2.07. The molecule has 1 atom stereocenters. The Hall–Kier alpha value is -1.26. The summed E-state index contributed by atoms with van der Waals surface area (Å²) in [6.07, 6.45) is 4.39. The zero-order valence-corrected chi connectivity index (χ0v) is 11.7. The van der Waals surface area contributed by atoms with Crippen LogP contribution in [0.2, 0.25) is 0 Å². The Morgan fingerprint density at radius 1 is 1.11 bits per heavy atom. The Kier molecular flexibility index (Phi) is 4.32. The fourth-order valence-corrected chi connectivity index (χ4v) is 2.92. The highest BCUT2D eigenvalue weighted by Crippen LogP contribution is 2.31. The van der Waals surface area contributed by atoms with Gasteiger partial charge in [-0.05, 0) is 57.4 Å². The second-order valence-electron chi connectivity index (χ2n) is 5.69. The summed E-state index contributed by atoms with van der Waals surface area (Å²) in [6, 6.07) is 5.84. The monoisotopic (exact) mass is 264 g/mol. The maximum absolute atomic E-state index is 9.57. The molecular weight excluding hydrogens is 240 g/mol. The van der Waals surface area contributed by atoms with Crippen molar-refractivity contribution >= 4 is 0 Å². The Labute approximate surface area is 114 Å². The van der Waals surface area contributed by atoms with E-state index in [1.807, 2.05) is 0 Å². The van der Waals surface area contributed by atoms with Crippen molar-refractivity contribution in [1.82, 2.24) is 4.90 Å². The SMILES string of the molecule is CC(c1cc(O)cc(O)c1)N(C)C1CCC(N)CC1. The van der Waals surface area contributed by atoms with Gasteiger partial charge >= 0.3 is 0 Å². The third-order valence-electron chi connectivity index (χ3n) is 4.34. The molecule has 0 amide bonds. The van der Waals surface area contributed by atoms with Crippen molar-refractivity contribution in [3.63, 3.8) is 0 Å². The fraction of sp³-hybridized carbons (Fsp3) is 0.600. The molecule has 19 heavy (non-hydrogen) atoms. The van der Waals surface area contributed by atoms with Gasteiger partial charge in [-0.1, -0.05) is 0 Å². The molecule has 2 rings (SSSR count).